The molecule has 1 heterocycles. The second kappa shape index (κ2) is 6.52. The molecule has 0 aliphatic carbocycles. The van der Waals surface area contributed by atoms with E-state index in [1.807, 2.05) is 0 Å². The number of nitrogens with zero attached hydrogens (tertiary/aromatic N) is 1. The van der Waals surface area contributed by atoms with Gasteiger partial charge in [0.1, 0.15) is 0 Å². The molecule has 0 amide bonds. The second-order valence-electron chi connectivity index (χ2n) is 5.41. The van der Waals surface area contributed by atoms with Crippen LogP contribution in [0.1, 0.15) is 59.3 Å². The zero-order valence-electron chi connectivity index (χ0n) is 11.1. The molecule has 1 nitrogen and oxygen atoms in total. The molecule has 1 fully saturated rings. The van der Waals surface area contributed by atoms with Crippen LogP contribution < -0.4 is 0 Å². The van der Waals surface area contributed by atoms with E-state index in [1.54, 1.807) is 0 Å². The summed E-state index contributed by atoms with van der Waals surface area (Å²) in [7, 11) is 0. The first-order valence-corrected chi connectivity index (χ1v) is 7.11. The predicted molar refractivity (Wildman–Crippen MR) is 67.9 cm³/mol. The Morgan fingerprint density at radius 2 is 1.93 bits per heavy atom. The van der Waals surface area contributed by atoms with Crippen LogP contribution in [0.4, 0.5) is 0 Å². The lowest BCUT2D eigenvalue weighted by Crippen LogP contribution is -2.54. The largest absolute Gasteiger partial charge is 0.324 e. The highest BCUT2D eigenvalue weighted by Gasteiger charge is 2.31. The van der Waals surface area contributed by atoms with Crippen LogP contribution in [0.15, 0.2) is 0 Å². The SMILES string of the molecule is CCCCC[N+]1(CC)CCCC(CC)C1. The Morgan fingerprint density at radius 3 is 2.53 bits per heavy atom. The van der Waals surface area contributed by atoms with E-state index in [9.17, 15) is 0 Å². The summed E-state index contributed by atoms with van der Waals surface area (Å²) in [5.74, 6) is 1.01. The van der Waals surface area contributed by atoms with Crippen molar-refractivity contribution in [1.82, 2.24) is 0 Å². The maximum atomic E-state index is 2.39. The van der Waals surface area contributed by atoms with Crippen LogP contribution in [-0.4, -0.2) is 30.7 Å². The number of hydrogen-bond donors (Lipinski definition) is 0. The monoisotopic (exact) mass is 212 g/mol. The molecule has 1 saturated heterocycles. The van der Waals surface area contributed by atoms with Gasteiger partial charge in [-0.05, 0) is 39.0 Å². The Hall–Kier alpha value is -0.0400. The van der Waals surface area contributed by atoms with Crippen molar-refractivity contribution in [2.24, 2.45) is 5.92 Å². The molecule has 0 saturated carbocycles. The van der Waals surface area contributed by atoms with Gasteiger partial charge in [-0.2, -0.15) is 0 Å². The highest BCUT2D eigenvalue weighted by atomic mass is 15.4. The molecular formula is C14H30N+. The van der Waals surface area contributed by atoms with Crippen LogP contribution in [0, 0.1) is 5.92 Å². The van der Waals surface area contributed by atoms with Crippen LogP contribution >= 0.6 is 0 Å². The summed E-state index contributed by atoms with van der Waals surface area (Å²) < 4.78 is 1.43. The van der Waals surface area contributed by atoms with E-state index in [2.05, 4.69) is 20.8 Å². The highest BCUT2D eigenvalue weighted by Crippen LogP contribution is 2.26. The van der Waals surface area contributed by atoms with Crippen molar-refractivity contribution < 1.29 is 4.48 Å². The molecule has 90 valence electrons. The molecule has 0 N–H and O–H groups in total. The minimum absolute atomic E-state index is 1.01. The summed E-state index contributed by atoms with van der Waals surface area (Å²) >= 11 is 0. The van der Waals surface area contributed by atoms with Gasteiger partial charge in [-0.1, -0.05) is 20.3 Å². The molecule has 0 aromatic rings. The quantitative estimate of drug-likeness (QED) is 0.463. The minimum Gasteiger partial charge on any atom is -0.324 e. The van der Waals surface area contributed by atoms with Crippen molar-refractivity contribution in [2.45, 2.75) is 59.3 Å². The fourth-order valence-corrected chi connectivity index (χ4v) is 3.12. The Morgan fingerprint density at radius 1 is 1.13 bits per heavy atom. The van der Waals surface area contributed by atoms with Gasteiger partial charge in [0.2, 0.25) is 0 Å². The topological polar surface area (TPSA) is 0 Å². The zero-order chi connectivity index (χ0) is 11.1. The Balaban J connectivity index is 2.43. The summed E-state index contributed by atoms with van der Waals surface area (Å²) in [6, 6.07) is 0. The van der Waals surface area contributed by atoms with E-state index in [1.165, 1.54) is 69.2 Å². The van der Waals surface area contributed by atoms with Gasteiger partial charge in [0.25, 0.3) is 0 Å². The van der Waals surface area contributed by atoms with Crippen molar-refractivity contribution in [3.05, 3.63) is 0 Å². The standard InChI is InChI=1S/C14H30N/c1-4-7-8-11-15(6-3)12-9-10-14(5-2)13-15/h14H,4-13H2,1-3H3/q+1. The van der Waals surface area contributed by atoms with E-state index in [0.717, 1.165) is 5.92 Å². The molecule has 2 atom stereocenters. The lowest BCUT2D eigenvalue weighted by Gasteiger charge is -2.44. The number of unbranched alkanes of at least 4 members (excludes halogenated alkanes) is 2. The first-order valence-electron chi connectivity index (χ1n) is 7.11. The molecule has 1 aliphatic heterocycles. The van der Waals surface area contributed by atoms with Gasteiger partial charge in [-0.3, -0.25) is 0 Å². The van der Waals surface area contributed by atoms with E-state index < -0.39 is 0 Å². The fourth-order valence-electron chi connectivity index (χ4n) is 3.12. The van der Waals surface area contributed by atoms with E-state index in [0.29, 0.717) is 0 Å². The normalized spacial score (nSPS) is 31.8. The Bertz CT molecular complexity index is 167. The van der Waals surface area contributed by atoms with Crippen molar-refractivity contribution in [3.8, 4) is 0 Å². The summed E-state index contributed by atoms with van der Waals surface area (Å²) in [6.45, 7) is 12.8. The number of hydrogen-bond acceptors (Lipinski definition) is 0. The van der Waals surface area contributed by atoms with E-state index >= 15 is 0 Å². The molecular weight excluding hydrogens is 182 g/mol. The van der Waals surface area contributed by atoms with Gasteiger partial charge in [0, 0.05) is 5.92 Å². The second-order valence-corrected chi connectivity index (χ2v) is 5.41. The van der Waals surface area contributed by atoms with Gasteiger partial charge in [0.05, 0.1) is 26.2 Å². The first kappa shape index (κ1) is 13.0. The molecule has 1 rings (SSSR count). The van der Waals surface area contributed by atoms with Gasteiger partial charge in [-0.15, -0.1) is 0 Å². The van der Waals surface area contributed by atoms with Crippen LogP contribution in [0.25, 0.3) is 0 Å². The Labute approximate surface area is 96.4 Å². The van der Waals surface area contributed by atoms with Crippen molar-refractivity contribution >= 4 is 0 Å². The fraction of sp³-hybridized carbons (Fsp3) is 1.00. The van der Waals surface area contributed by atoms with E-state index in [-0.39, 0.29) is 0 Å². The molecule has 2 unspecified atom stereocenters. The average molecular weight is 212 g/mol. The van der Waals surface area contributed by atoms with Crippen LogP contribution in [0.5, 0.6) is 0 Å². The Kier molecular flexibility index (Phi) is 5.66. The number of quaternary nitrogens is 1. The summed E-state index contributed by atoms with van der Waals surface area (Å²) in [5.41, 5.74) is 0. The first-order chi connectivity index (χ1) is 7.26. The van der Waals surface area contributed by atoms with Crippen LogP contribution in [0.2, 0.25) is 0 Å². The van der Waals surface area contributed by atoms with Gasteiger partial charge < -0.3 is 4.48 Å². The lowest BCUT2D eigenvalue weighted by molar-refractivity contribution is -0.934. The molecule has 15 heavy (non-hydrogen) atoms. The summed E-state index contributed by atoms with van der Waals surface area (Å²) in [6.07, 6.45) is 8.59. The maximum absolute atomic E-state index is 2.39. The molecule has 0 aromatic carbocycles. The number of piperidine rings is 1. The van der Waals surface area contributed by atoms with E-state index in [4.69, 9.17) is 0 Å². The third-order valence-corrected chi connectivity index (χ3v) is 4.37. The highest BCUT2D eigenvalue weighted by molar-refractivity contribution is 4.63. The predicted octanol–water partition coefficient (Wildman–Crippen LogP) is 3.83. The molecule has 0 bridgehead atoms. The molecule has 1 heteroatoms. The van der Waals surface area contributed by atoms with Gasteiger partial charge in [0.15, 0.2) is 0 Å². The van der Waals surface area contributed by atoms with Crippen molar-refractivity contribution in [2.75, 3.05) is 26.2 Å². The third-order valence-electron chi connectivity index (χ3n) is 4.37. The number of rotatable bonds is 6. The number of likely N-dealkylation sites (tertiary alicyclic amines) is 1. The third kappa shape index (κ3) is 3.79. The summed E-state index contributed by atoms with van der Waals surface area (Å²) in [4.78, 5) is 0. The van der Waals surface area contributed by atoms with Crippen molar-refractivity contribution in [1.29, 1.82) is 0 Å². The average Bonchev–Trinajstić information content (AvgIpc) is 2.30. The molecule has 1 aliphatic rings. The minimum atomic E-state index is 1.01. The summed E-state index contributed by atoms with van der Waals surface area (Å²) in [5, 5.41) is 0. The van der Waals surface area contributed by atoms with Crippen LogP contribution in [-0.2, 0) is 0 Å². The lowest BCUT2D eigenvalue weighted by atomic mass is 9.93. The molecule has 0 radical (unpaired) electrons. The van der Waals surface area contributed by atoms with Gasteiger partial charge >= 0.3 is 0 Å². The van der Waals surface area contributed by atoms with Crippen molar-refractivity contribution in [3.63, 3.8) is 0 Å². The smallest absolute Gasteiger partial charge is 0.0815 e. The van der Waals surface area contributed by atoms with Crippen LogP contribution in [0.3, 0.4) is 0 Å². The van der Waals surface area contributed by atoms with Gasteiger partial charge in [-0.25, -0.2) is 0 Å². The maximum Gasteiger partial charge on any atom is 0.0815 e. The molecule has 0 spiro atoms. The molecule has 0 aromatic heterocycles. The zero-order valence-corrected chi connectivity index (χ0v) is 11.1.